The summed E-state index contributed by atoms with van der Waals surface area (Å²) in [6.45, 7) is 1.84. The van der Waals surface area contributed by atoms with Gasteiger partial charge in [0.1, 0.15) is 17.2 Å². The molecule has 122 valence electrons. The second kappa shape index (κ2) is 6.63. The number of nitrogens with zero attached hydrogens (tertiary/aromatic N) is 3. The zero-order chi connectivity index (χ0) is 17.1. The quantitative estimate of drug-likeness (QED) is 0.741. The van der Waals surface area contributed by atoms with Crippen molar-refractivity contribution in [3.63, 3.8) is 0 Å². The van der Waals surface area contributed by atoms with Crippen LogP contribution in [-0.2, 0) is 11.3 Å². The Kier molecular flexibility index (Phi) is 4.39. The average molecular weight is 341 g/mol. The third kappa shape index (κ3) is 3.49. The van der Waals surface area contributed by atoms with E-state index in [9.17, 15) is 9.59 Å². The first kappa shape index (κ1) is 15.9. The number of primary amides is 1. The molecule has 7 nitrogen and oxygen atoms in total. The Balaban J connectivity index is 1.70. The molecule has 3 rings (SSSR count). The summed E-state index contributed by atoms with van der Waals surface area (Å²) in [7, 11) is 0. The lowest BCUT2D eigenvalue weighted by atomic mass is 10.2. The molecule has 2 heterocycles. The molecule has 3 N–H and O–H groups in total. The van der Waals surface area contributed by atoms with Crippen LogP contribution in [0.3, 0.4) is 0 Å². The van der Waals surface area contributed by atoms with Gasteiger partial charge < -0.3 is 11.1 Å². The largest absolute Gasteiger partial charge is 0.366 e. The SMILES string of the molecule is Cc1cc(C(N)=O)c(NC(=O)Cn2cc(-c3ccccc3)nn2)s1. The summed E-state index contributed by atoms with van der Waals surface area (Å²) in [5.41, 5.74) is 7.24. The number of carbonyl (C=O) groups excluding carboxylic acids is 2. The van der Waals surface area contributed by atoms with Crippen LogP contribution in [0.4, 0.5) is 5.00 Å². The molecule has 0 bridgehead atoms. The molecule has 0 saturated carbocycles. The minimum atomic E-state index is -0.568. The van der Waals surface area contributed by atoms with Gasteiger partial charge in [-0.1, -0.05) is 35.5 Å². The Morgan fingerprint density at radius 2 is 2.04 bits per heavy atom. The maximum Gasteiger partial charge on any atom is 0.251 e. The minimum absolute atomic E-state index is 0.00498. The van der Waals surface area contributed by atoms with Crippen molar-refractivity contribution >= 4 is 28.2 Å². The molecule has 0 aliphatic carbocycles. The Hall–Kier alpha value is -3.00. The van der Waals surface area contributed by atoms with Crippen LogP contribution in [0.15, 0.2) is 42.6 Å². The van der Waals surface area contributed by atoms with Gasteiger partial charge in [-0.3, -0.25) is 9.59 Å². The van der Waals surface area contributed by atoms with Crippen LogP contribution >= 0.6 is 11.3 Å². The summed E-state index contributed by atoms with van der Waals surface area (Å²) in [6.07, 6.45) is 1.70. The number of benzene rings is 1. The van der Waals surface area contributed by atoms with Crippen LogP contribution in [0.2, 0.25) is 0 Å². The highest BCUT2D eigenvalue weighted by molar-refractivity contribution is 7.16. The van der Waals surface area contributed by atoms with Crippen molar-refractivity contribution in [1.29, 1.82) is 0 Å². The lowest BCUT2D eigenvalue weighted by Crippen LogP contribution is -2.21. The maximum absolute atomic E-state index is 12.2. The standard InChI is InChI=1S/C16H15N5O2S/c1-10-7-12(15(17)23)16(24-10)18-14(22)9-21-8-13(19-20-21)11-5-3-2-4-6-11/h2-8H,9H2,1H3,(H2,17,23)(H,18,22). The molecular weight excluding hydrogens is 326 g/mol. The third-order valence-corrected chi connectivity index (χ3v) is 4.25. The highest BCUT2D eigenvalue weighted by Gasteiger charge is 2.15. The summed E-state index contributed by atoms with van der Waals surface area (Å²) < 4.78 is 1.45. The fourth-order valence-electron chi connectivity index (χ4n) is 2.22. The van der Waals surface area contributed by atoms with Crippen molar-refractivity contribution in [2.75, 3.05) is 5.32 Å². The van der Waals surface area contributed by atoms with Crippen molar-refractivity contribution < 1.29 is 9.59 Å². The topological polar surface area (TPSA) is 103 Å². The fourth-order valence-corrected chi connectivity index (χ4v) is 3.15. The number of rotatable bonds is 5. The van der Waals surface area contributed by atoms with E-state index in [-0.39, 0.29) is 12.5 Å². The average Bonchev–Trinajstić information content (AvgIpc) is 3.15. The summed E-state index contributed by atoms with van der Waals surface area (Å²) in [4.78, 5) is 24.4. The van der Waals surface area contributed by atoms with Gasteiger partial charge in [0.05, 0.1) is 11.8 Å². The molecule has 0 fully saturated rings. The van der Waals surface area contributed by atoms with E-state index in [1.54, 1.807) is 12.3 Å². The van der Waals surface area contributed by atoms with Crippen LogP contribution in [0.25, 0.3) is 11.3 Å². The molecule has 24 heavy (non-hydrogen) atoms. The number of anilines is 1. The number of amides is 2. The van der Waals surface area contributed by atoms with E-state index < -0.39 is 5.91 Å². The zero-order valence-corrected chi connectivity index (χ0v) is 13.7. The lowest BCUT2D eigenvalue weighted by molar-refractivity contribution is -0.116. The van der Waals surface area contributed by atoms with E-state index in [1.807, 2.05) is 37.3 Å². The molecular formula is C16H15N5O2S. The summed E-state index contributed by atoms with van der Waals surface area (Å²) in [5.74, 6) is -0.870. The molecule has 0 radical (unpaired) electrons. The third-order valence-electron chi connectivity index (χ3n) is 3.29. The van der Waals surface area contributed by atoms with Gasteiger partial charge in [0.15, 0.2) is 0 Å². The molecule has 8 heteroatoms. The minimum Gasteiger partial charge on any atom is -0.366 e. The first-order chi connectivity index (χ1) is 11.5. The van der Waals surface area contributed by atoms with Gasteiger partial charge in [0, 0.05) is 10.4 Å². The van der Waals surface area contributed by atoms with Gasteiger partial charge >= 0.3 is 0 Å². The van der Waals surface area contributed by atoms with Crippen molar-refractivity contribution in [2.45, 2.75) is 13.5 Å². The number of aryl methyl sites for hydroxylation is 1. The van der Waals surface area contributed by atoms with Crippen LogP contribution in [0, 0.1) is 6.92 Å². The summed E-state index contributed by atoms with van der Waals surface area (Å²) in [6, 6.07) is 11.2. The van der Waals surface area contributed by atoms with E-state index in [0.717, 1.165) is 10.4 Å². The smallest absolute Gasteiger partial charge is 0.251 e. The number of carbonyl (C=O) groups is 2. The van der Waals surface area contributed by atoms with Gasteiger partial charge in [0.2, 0.25) is 5.91 Å². The Labute approximate surface area is 142 Å². The fraction of sp³-hybridized carbons (Fsp3) is 0.125. The molecule has 2 aromatic heterocycles. The normalized spacial score (nSPS) is 10.5. The van der Waals surface area contributed by atoms with Gasteiger partial charge in [-0.2, -0.15) is 0 Å². The number of hydrogen-bond acceptors (Lipinski definition) is 5. The van der Waals surface area contributed by atoms with Gasteiger partial charge in [-0.05, 0) is 13.0 Å². The molecule has 0 saturated heterocycles. The first-order valence-corrected chi connectivity index (χ1v) is 8.00. The predicted molar refractivity (Wildman–Crippen MR) is 91.7 cm³/mol. The Morgan fingerprint density at radius 1 is 1.29 bits per heavy atom. The van der Waals surface area contributed by atoms with Crippen LogP contribution < -0.4 is 11.1 Å². The van der Waals surface area contributed by atoms with Crippen molar-refractivity contribution in [1.82, 2.24) is 15.0 Å². The predicted octanol–water partition coefficient (Wildman–Crippen LogP) is 2.05. The highest BCUT2D eigenvalue weighted by Crippen LogP contribution is 2.27. The van der Waals surface area contributed by atoms with E-state index >= 15 is 0 Å². The molecule has 1 aromatic carbocycles. The van der Waals surface area contributed by atoms with Crippen LogP contribution in [-0.4, -0.2) is 26.8 Å². The van der Waals surface area contributed by atoms with Gasteiger partial charge in [-0.15, -0.1) is 16.4 Å². The highest BCUT2D eigenvalue weighted by atomic mass is 32.1. The van der Waals surface area contributed by atoms with Gasteiger partial charge in [-0.25, -0.2) is 4.68 Å². The van der Waals surface area contributed by atoms with Crippen molar-refractivity contribution in [3.8, 4) is 11.3 Å². The second-order valence-electron chi connectivity index (χ2n) is 5.18. The molecule has 0 unspecified atom stereocenters. The summed E-state index contributed by atoms with van der Waals surface area (Å²) in [5, 5.41) is 11.2. The number of hydrogen-bond donors (Lipinski definition) is 2. The molecule has 0 aliphatic rings. The molecule has 0 spiro atoms. The van der Waals surface area contributed by atoms with Crippen molar-refractivity contribution in [3.05, 3.63) is 53.0 Å². The van der Waals surface area contributed by atoms with Crippen LogP contribution in [0.1, 0.15) is 15.2 Å². The van der Waals surface area contributed by atoms with E-state index in [1.165, 1.54) is 16.0 Å². The van der Waals surface area contributed by atoms with E-state index in [0.29, 0.717) is 16.3 Å². The molecule has 3 aromatic rings. The Morgan fingerprint density at radius 3 is 2.75 bits per heavy atom. The van der Waals surface area contributed by atoms with Gasteiger partial charge in [0.25, 0.3) is 5.91 Å². The molecule has 0 atom stereocenters. The maximum atomic E-state index is 12.2. The molecule has 2 amide bonds. The zero-order valence-electron chi connectivity index (χ0n) is 12.9. The number of nitrogens with two attached hydrogens (primary N) is 1. The number of thiophene rings is 1. The van der Waals surface area contributed by atoms with Crippen LogP contribution in [0.5, 0.6) is 0 Å². The first-order valence-electron chi connectivity index (χ1n) is 7.18. The lowest BCUT2D eigenvalue weighted by Gasteiger charge is -2.04. The number of nitrogens with one attached hydrogen (secondary N) is 1. The Bertz CT molecular complexity index is 885. The van der Waals surface area contributed by atoms with E-state index in [4.69, 9.17) is 5.73 Å². The monoisotopic (exact) mass is 341 g/mol. The van der Waals surface area contributed by atoms with E-state index in [2.05, 4.69) is 15.6 Å². The number of aromatic nitrogens is 3. The molecule has 0 aliphatic heterocycles. The second-order valence-corrected chi connectivity index (χ2v) is 6.44. The summed E-state index contributed by atoms with van der Waals surface area (Å²) >= 11 is 1.31. The van der Waals surface area contributed by atoms with Crippen molar-refractivity contribution in [2.24, 2.45) is 5.73 Å².